The quantitative estimate of drug-likeness (QED) is 0.744. The number of carboxylic acid groups (broad SMARTS) is 1. The monoisotopic (exact) mass is 330 g/mol. The third-order valence-electron chi connectivity index (χ3n) is 4.60. The van der Waals surface area contributed by atoms with Gasteiger partial charge in [0.25, 0.3) is 0 Å². The summed E-state index contributed by atoms with van der Waals surface area (Å²) in [5.41, 5.74) is 3.57. The molecule has 4 heteroatoms. The lowest BCUT2D eigenvalue weighted by Gasteiger charge is -2.30. The minimum absolute atomic E-state index is 0.290. The van der Waals surface area contributed by atoms with Gasteiger partial charge in [-0.1, -0.05) is 31.2 Å². The van der Waals surface area contributed by atoms with Crippen LogP contribution in [0.4, 0.5) is 0 Å². The summed E-state index contributed by atoms with van der Waals surface area (Å²) < 4.78 is 5.60. The van der Waals surface area contributed by atoms with Crippen molar-refractivity contribution in [2.45, 2.75) is 45.1 Å². The van der Waals surface area contributed by atoms with E-state index in [1.807, 2.05) is 0 Å². The molecular weight excluding hydrogens is 304 g/mol. The maximum absolute atomic E-state index is 10.5. The number of aryl methyl sites for hydroxylation is 1. The molecule has 0 saturated heterocycles. The van der Waals surface area contributed by atoms with Gasteiger partial charge in [-0.05, 0) is 55.2 Å². The van der Waals surface area contributed by atoms with Crippen LogP contribution in [-0.4, -0.2) is 29.4 Å². The number of benzene rings is 1. The van der Waals surface area contributed by atoms with Gasteiger partial charge in [0.1, 0.15) is 5.75 Å². The number of aliphatic hydroxyl groups is 1. The minimum Gasteiger partial charge on any atom is -0.496 e. The van der Waals surface area contributed by atoms with Crippen molar-refractivity contribution >= 4 is 12.0 Å². The Kier molecular flexibility index (Phi) is 6.21. The molecule has 3 atom stereocenters. The number of fused-ring (bicyclic) bond motifs is 1. The lowest BCUT2D eigenvalue weighted by atomic mass is 9.76. The molecule has 0 fully saturated rings. The highest BCUT2D eigenvalue weighted by Crippen LogP contribution is 2.43. The summed E-state index contributed by atoms with van der Waals surface area (Å²) in [5, 5.41) is 18.7. The number of rotatable bonds is 7. The number of hydrogen-bond acceptors (Lipinski definition) is 3. The zero-order chi connectivity index (χ0) is 17.7. The first-order chi connectivity index (χ1) is 11.4. The van der Waals surface area contributed by atoms with Crippen LogP contribution in [0.15, 0.2) is 30.4 Å². The Morgan fingerprint density at radius 3 is 2.83 bits per heavy atom. The number of ether oxygens (including phenoxy) is 1. The van der Waals surface area contributed by atoms with E-state index < -0.39 is 12.1 Å². The van der Waals surface area contributed by atoms with Crippen molar-refractivity contribution in [2.24, 2.45) is 5.92 Å². The second-order valence-electron chi connectivity index (χ2n) is 6.50. The molecule has 0 spiro atoms. The fourth-order valence-corrected chi connectivity index (χ4v) is 3.37. The first kappa shape index (κ1) is 18.3. The van der Waals surface area contributed by atoms with Crippen LogP contribution in [0.3, 0.4) is 0 Å². The van der Waals surface area contributed by atoms with Crippen molar-refractivity contribution in [1.29, 1.82) is 0 Å². The third kappa shape index (κ3) is 4.48. The smallest absolute Gasteiger partial charge is 0.327 e. The molecule has 0 aliphatic heterocycles. The molecule has 0 saturated carbocycles. The number of carbonyl (C=O) groups is 1. The Labute approximate surface area is 143 Å². The van der Waals surface area contributed by atoms with Gasteiger partial charge in [0, 0.05) is 11.6 Å². The first-order valence-corrected chi connectivity index (χ1v) is 8.36. The van der Waals surface area contributed by atoms with Gasteiger partial charge in [-0.25, -0.2) is 4.79 Å². The van der Waals surface area contributed by atoms with Gasteiger partial charge in [-0.15, -0.1) is 0 Å². The maximum atomic E-state index is 10.5. The average Bonchev–Trinajstić information content (AvgIpc) is 2.53. The van der Waals surface area contributed by atoms with Gasteiger partial charge < -0.3 is 14.9 Å². The molecule has 1 aromatic carbocycles. The number of methoxy groups -OCH3 is 1. The SMILES string of the molecule is COc1cc(C)cc2c1C(CCC(O)C/C=C\C(=O)O)C(C)C=C2. The molecule has 0 bridgehead atoms. The van der Waals surface area contributed by atoms with Gasteiger partial charge in [0.05, 0.1) is 13.2 Å². The average molecular weight is 330 g/mol. The highest BCUT2D eigenvalue weighted by molar-refractivity contribution is 5.79. The summed E-state index contributed by atoms with van der Waals surface area (Å²) in [6, 6.07) is 4.23. The van der Waals surface area contributed by atoms with Crippen LogP contribution < -0.4 is 4.74 Å². The number of aliphatic carboxylic acids is 1. The lowest BCUT2D eigenvalue weighted by molar-refractivity contribution is -0.131. The van der Waals surface area contributed by atoms with E-state index >= 15 is 0 Å². The molecule has 3 unspecified atom stereocenters. The van der Waals surface area contributed by atoms with E-state index in [2.05, 4.69) is 38.1 Å². The molecule has 2 N–H and O–H groups in total. The molecule has 1 aliphatic rings. The molecule has 1 aliphatic carbocycles. The topological polar surface area (TPSA) is 66.8 Å². The van der Waals surface area contributed by atoms with E-state index in [-0.39, 0.29) is 0 Å². The number of aliphatic hydroxyl groups excluding tert-OH is 1. The van der Waals surface area contributed by atoms with Crippen LogP contribution >= 0.6 is 0 Å². The van der Waals surface area contributed by atoms with Gasteiger partial charge in [-0.3, -0.25) is 0 Å². The Morgan fingerprint density at radius 1 is 1.42 bits per heavy atom. The maximum Gasteiger partial charge on any atom is 0.327 e. The third-order valence-corrected chi connectivity index (χ3v) is 4.60. The molecule has 4 nitrogen and oxygen atoms in total. The van der Waals surface area contributed by atoms with Crippen molar-refractivity contribution in [3.63, 3.8) is 0 Å². The highest BCUT2D eigenvalue weighted by Gasteiger charge is 2.27. The predicted octanol–water partition coefficient (Wildman–Crippen LogP) is 3.92. The Balaban J connectivity index is 2.11. The molecule has 1 aromatic rings. The Hall–Kier alpha value is -2.07. The van der Waals surface area contributed by atoms with Crippen LogP contribution in [0.5, 0.6) is 5.75 Å². The van der Waals surface area contributed by atoms with Crippen molar-refractivity contribution in [3.05, 3.63) is 47.1 Å². The van der Waals surface area contributed by atoms with Crippen molar-refractivity contribution in [2.75, 3.05) is 7.11 Å². The van der Waals surface area contributed by atoms with E-state index in [0.717, 1.165) is 18.2 Å². The summed E-state index contributed by atoms with van der Waals surface area (Å²) >= 11 is 0. The van der Waals surface area contributed by atoms with E-state index in [1.165, 1.54) is 22.8 Å². The lowest BCUT2D eigenvalue weighted by Crippen LogP contribution is -2.17. The van der Waals surface area contributed by atoms with Crippen molar-refractivity contribution in [1.82, 2.24) is 0 Å². The molecule has 0 aromatic heterocycles. The normalized spacial score (nSPS) is 20.8. The van der Waals surface area contributed by atoms with Crippen LogP contribution in [0.2, 0.25) is 0 Å². The van der Waals surface area contributed by atoms with Crippen molar-refractivity contribution < 1.29 is 19.7 Å². The Morgan fingerprint density at radius 2 is 2.17 bits per heavy atom. The molecule has 130 valence electrons. The zero-order valence-corrected chi connectivity index (χ0v) is 14.5. The molecule has 0 amide bonds. The van der Waals surface area contributed by atoms with Crippen LogP contribution in [-0.2, 0) is 4.79 Å². The fraction of sp³-hybridized carbons (Fsp3) is 0.450. The number of carboxylic acids is 1. The predicted molar refractivity (Wildman–Crippen MR) is 95.3 cm³/mol. The number of hydrogen-bond donors (Lipinski definition) is 2. The van der Waals surface area contributed by atoms with Gasteiger partial charge in [0.15, 0.2) is 0 Å². The largest absolute Gasteiger partial charge is 0.496 e. The van der Waals surface area contributed by atoms with E-state index in [1.54, 1.807) is 7.11 Å². The number of allylic oxidation sites excluding steroid dienone is 1. The zero-order valence-electron chi connectivity index (χ0n) is 14.5. The summed E-state index contributed by atoms with van der Waals surface area (Å²) in [6.07, 6.45) is 8.25. The van der Waals surface area contributed by atoms with Crippen LogP contribution in [0.25, 0.3) is 6.08 Å². The van der Waals surface area contributed by atoms with E-state index in [0.29, 0.717) is 24.7 Å². The highest BCUT2D eigenvalue weighted by atomic mass is 16.5. The molecular formula is C20H26O4. The minimum atomic E-state index is -0.984. The summed E-state index contributed by atoms with van der Waals surface area (Å²) in [6.45, 7) is 4.24. The van der Waals surface area contributed by atoms with Crippen LogP contribution in [0, 0.1) is 12.8 Å². The van der Waals surface area contributed by atoms with Gasteiger partial charge in [-0.2, -0.15) is 0 Å². The van der Waals surface area contributed by atoms with E-state index in [9.17, 15) is 9.90 Å². The Bertz CT molecular complexity index is 645. The second kappa shape index (κ2) is 8.15. The van der Waals surface area contributed by atoms with Gasteiger partial charge in [0.2, 0.25) is 0 Å². The fourth-order valence-electron chi connectivity index (χ4n) is 3.37. The molecule has 24 heavy (non-hydrogen) atoms. The molecule has 0 heterocycles. The van der Waals surface area contributed by atoms with Crippen molar-refractivity contribution in [3.8, 4) is 5.75 Å². The molecule has 0 radical (unpaired) electrons. The molecule has 2 rings (SSSR count). The summed E-state index contributed by atoms with van der Waals surface area (Å²) in [4.78, 5) is 10.5. The van der Waals surface area contributed by atoms with E-state index in [4.69, 9.17) is 9.84 Å². The standard InChI is InChI=1S/C20H26O4/c1-13-11-15-8-7-14(2)17(20(15)18(12-13)24-3)10-9-16(21)5-4-6-19(22)23/h4,6-8,11-12,14,16-17,21H,5,9-10H2,1-3H3,(H,22,23)/b6-4-. The second-order valence-corrected chi connectivity index (χ2v) is 6.50. The van der Waals surface area contributed by atoms with Crippen LogP contribution in [0.1, 0.15) is 48.8 Å². The summed E-state index contributed by atoms with van der Waals surface area (Å²) in [7, 11) is 1.70. The first-order valence-electron chi connectivity index (χ1n) is 8.36. The van der Waals surface area contributed by atoms with Gasteiger partial charge >= 0.3 is 5.97 Å². The summed E-state index contributed by atoms with van der Waals surface area (Å²) in [5.74, 6) is 0.586.